The molecule has 1 unspecified atom stereocenters. The van der Waals surface area contributed by atoms with Crippen LogP contribution in [0.2, 0.25) is 0 Å². The first-order valence-electron chi connectivity index (χ1n) is 5.19. The predicted molar refractivity (Wildman–Crippen MR) is 55.5 cm³/mol. The van der Waals surface area contributed by atoms with E-state index in [4.69, 9.17) is 5.11 Å². The maximum atomic E-state index is 11.7. The van der Waals surface area contributed by atoms with Crippen LogP contribution in [0.3, 0.4) is 0 Å². The lowest BCUT2D eigenvalue weighted by molar-refractivity contribution is 0.294. The minimum atomic E-state index is -3.09. The Balaban J connectivity index is 2.49. The average molecular weight is 221 g/mol. The van der Waals surface area contributed by atoms with Crippen molar-refractivity contribution < 1.29 is 13.5 Å². The molecule has 0 spiro atoms. The van der Waals surface area contributed by atoms with Gasteiger partial charge in [0.15, 0.2) is 0 Å². The number of sulfonamides is 1. The summed E-state index contributed by atoms with van der Waals surface area (Å²) in [6.07, 6.45) is 2.37. The first-order valence-corrected chi connectivity index (χ1v) is 6.79. The molecule has 1 saturated heterocycles. The van der Waals surface area contributed by atoms with Gasteiger partial charge in [-0.2, -0.15) is 0 Å². The normalized spacial score (nSPS) is 24.3. The second-order valence-electron chi connectivity index (χ2n) is 3.81. The van der Waals surface area contributed by atoms with E-state index in [1.54, 1.807) is 4.31 Å². The Morgan fingerprint density at radius 3 is 2.71 bits per heavy atom. The molecule has 1 heterocycles. The van der Waals surface area contributed by atoms with Gasteiger partial charge in [0.1, 0.15) is 0 Å². The summed E-state index contributed by atoms with van der Waals surface area (Å²) in [7, 11) is -3.09. The molecule has 1 N–H and O–H groups in total. The standard InChI is InChI=1S/C9H19NO3S/c1-2-9-4-5-10(8-9)14(12,13)7-3-6-11/h9,11H,2-8H2,1H3. The highest BCUT2D eigenvalue weighted by Crippen LogP contribution is 2.22. The van der Waals surface area contributed by atoms with Crippen molar-refractivity contribution in [2.24, 2.45) is 5.92 Å². The zero-order valence-corrected chi connectivity index (χ0v) is 9.46. The predicted octanol–water partition coefficient (Wildman–Crippen LogP) is 0.430. The molecule has 84 valence electrons. The van der Waals surface area contributed by atoms with Crippen LogP contribution in [0.5, 0.6) is 0 Å². The fourth-order valence-electron chi connectivity index (χ4n) is 1.76. The molecule has 0 aromatic heterocycles. The highest BCUT2D eigenvalue weighted by atomic mass is 32.2. The van der Waals surface area contributed by atoms with Crippen LogP contribution in [-0.2, 0) is 10.0 Å². The zero-order chi connectivity index (χ0) is 10.6. The van der Waals surface area contributed by atoms with Crippen LogP contribution >= 0.6 is 0 Å². The third-order valence-electron chi connectivity index (χ3n) is 2.78. The molecule has 0 aliphatic carbocycles. The maximum absolute atomic E-state index is 11.7. The topological polar surface area (TPSA) is 57.6 Å². The van der Waals surface area contributed by atoms with Crippen LogP contribution in [-0.4, -0.2) is 43.3 Å². The molecule has 1 fully saturated rings. The average Bonchev–Trinajstić information content (AvgIpc) is 2.63. The van der Waals surface area contributed by atoms with Gasteiger partial charge in [-0.3, -0.25) is 0 Å². The Kier molecular flexibility index (Phi) is 4.34. The monoisotopic (exact) mass is 221 g/mol. The van der Waals surface area contributed by atoms with Gasteiger partial charge in [0.05, 0.1) is 5.75 Å². The lowest BCUT2D eigenvalue weighted by atomic mass is 10.1. The molecule has 0 bridgehead atoms. The van der Waals surface area contributed by atoms with Crippen molar-refractivity contribution in [1.29, 1.82) is 0 Å². The third kappa shape index (κ3) is 2.93. The van der Waals surface area contributed by atoms with Crippen LogP contribution in [0.4, 0.5) is 0 Å². The molecular formula is C9H19NO3S. The van der Waals surface area contributed by atoms with Crippen molar-refractivity contribution in [2.45, 2.75) is 26.2 Å². The molecule has 0 saturated carbocycles. The van der Waals surface area contributed by atoms with E-state index in [0.29, 0.717) is 25.4 Å². The SMILES string of the molecule is CCC1CCN(S(=O)(=O)CCCO)C1. The lowest BCUT2D eigenvalue weighted by Crippen LogP contribution is -2.31. The van der Waals surface area contributed by atoms with E-state index in [0.717, 1.165) is 12.8 Å². The number of aliphatic hydroxyl groups is 1. The molecule has 5 heteroatoms. The van der Waals surface area contributed by atoms with Gasteiger partial charge in [-0.05, 0) is 18.8 Å². The van der Waals surface area contributed by atoms with Gasteiger partial charge in [-0.1, -0.05) is 13.3 Å². The summed E-state index contributed by atoms with van der Waals surface area (Å²) in [4.78, 5) is 0. The summed E-state index contributed by atoms with van der Waals surface area (Å²) in [5.74, 6) is 0.610. The lowest BCUT2D eigenvalue weighted by Gasteiger charge is -2.15. The van der Waals surface area contributed by atoms with Crippen LogP contribution < -0.4 is 0 Å². The van der Waals surface area contributed by atoms with Crippen LogP contribution in [0, 0.1) is 5.92 Å². The molecule has 1 aliphatic heterocycles. The Morgan fingerprint density at radius 1 is 1.50 bits per heavy atom. The Morgan fingerprint density at radius 2 is 2.21 bits per heavy atom. The summed E-state index contributed by atoms with van der Waals surface area (Å²) in [5.41, 5.74) is 0. The minimum Gasteiger partial charge on any atom is -0.396 e. The summed E-state index contributed by atoms with van der Waals surface area (Å²) in [5, 5.41) is 8.59. The molecular weight excluding hydrogens is 202 g/mol. The van der Waals surface area contributed by atoms with Gasteiger partial charge in [0, 0.05) is 19.7 Å². The van der Waals surface area contributed by atoms with Crippen molar-refractivity contribution in [3.63, 3.8) is 0 Å². The van der Waals surface area contributed by atoms with Crippen molar-refractivity contribution in [2.75, 3.05) is 25.4 Å². The summed E-state index contributed by atoms with van der Waals surface area (Å²) in [6, 6.07) is 0. The smallest absolute Gasteiger partial charge is 0.214 e. The van der Waals surface area contributed by atoms with Crippen LogP contribution in [0.25, 0.3) is 0 Å². The second-order valence-corrected chi connectivity index (χ2v) is 5.90. The number of hydrogen-bond donors (Lipinski definition) is 1. The van der Waals surface area contributed by atoms with Gasteiger partial charge in [-0.15, -0.1) is 0 Å². The van der Waals surface area contributed by atoms with Gasteiger partial charge in [0.2, 0.25) is 10.0 Å². The highest BCUT2D eigenvalue weighted by molar-refractivity contribution is 7.89. The molecule has 0 aromatic rings. The fraction of sp³-hybridized carbons (Fsp3) is 1.00. The van der Waals surface area contributed by atoms with Gasteiger partial charge in [-0.25, -0.2) is 12.7 Å². The zero-order valence-electron chi connectivity index (χ0n) is 8.65. The Hall–Kier alpha value is -0.130. The van der Waals surface area contributed by atoms with E-state index in [1.807, 2.05) is 0 Å². The van der Waals surface area contributed by atoms with E-state index in [2.05, 4.69) is 6.92 Å². The van der Waals surface area contributed by atoms with Crippen LogP contribution in [0.1, 0.15) is 26.2 Å². The van der Waals surface area contributed by atoms with E-state index < -0.39 is 10.0 Å². The summed E-state index contributed by atoms with van der Waals surface area (Å²) in [6.45, 7) is 3.37. The fourth-order valence-corrected chi connectivity index (χ4v) is 3.33. The second kappa shape index (κ2) is 5.09. The van der Waals surface area contributed by atoms with E-state index >= 15 is 0 Å². The van der Waals surface area contributed by atoms with Gasteiger partial charge < -0.3 is 5.11 Å². The van der Waals surface area contributed by atoms with Crippen molar-refractivity contribution in [3.8, 4) is 0 Å². The molecule has 1 aliphatic rings. The number of hydrogen-bond acceptors (Lipinski definition) is 3. The first-order chi connectivity index (χ1) is 6.60. The van der Waals surface area contributed by atoms with Crippen molar-refractivity contribution in [1.82, 2.24) is 4.31 Å². The van der Waals surface area contributed by atoms with Crippen molar-refractivity contribution >= 4 is 10.0 Å². The molecule has 14 heavy (non-hydrogen) atoms. The maximum Gasteiger partial charge on any atom is 0.214 e. The molecule has 1 atom stereocenters. The van der Waals surface area contributed by atoms with Gasteiger partial charge >= 0.3 is 0 Å². The molecule has 0 aromatic carbocycles. The quantitative estimate of drug-likeness (QED) is 0.732. The molecule has 0 amide bonds. The van der Waals surface area contributed by atoms with Crippen molar-refractivity contribution in [3.05, 3.63) is 0 Å². The highest BCUT2D eigenvalue weighted by Gasteiger charge is 2.29. The first kappa shape index (κ1) is 11.9. The Labute approximate surface area is 86.0 Å². The number of nitrogens with zero attached hydrogens (tertiary/aromatic N) is 1. The van der Waals surface area contributed by atoms with E-state index in [9.17, 15) is 8.42 Å². The number of aliphatic hydroxyl groups excluding tert-OH is 1. The largest absolute Gasteiger partial charge is 0.396 e. The van der Waals surface area contributed by atoms with E-state index in [-0.39, 0.29) is 12.4 Å². The number of rotatable bonds is 5. The Bertz CT molecular complexity index is 263. The molecule has 4 nitrogen and oxygen atoms in total. The van der Waals surface area contributed by atoms with E-state index in [1.165, 1.54) is 0 Å². The molecule has 1 rings (SSSR count). The minimum absolute atomic E-state index is 0.0513. The summed E-state index contributed by atoms with van der Waals surface area (Å²) < 4.78 is 24.9. The summed E-state index contributed by atoms with van der Waals surface area (Å²) >= 11 is 0. The molecule has 0 radical (unpaired) electrons. The third-order valence-corrected chi connectivity index (χ3v) is 4.70. The van der Waals surface area contributed by atoms with Gasteiger partial charge in [0.25, 0.3) is 0 Å². The van der Waals surface area contributed by atoms with Crippen LogP contribution in [0.15, 0.2) is 0 Å².